The topological polar surface area (TPSA) is 70.8 Å². The molecule has 0 aliphatic carbocycles. The number of aromatic nitrogens is 3. The minimum absolute atomic E-state index is 0.305. The number of rotatable bonds is 6. The Balaban J connectivity index is 1.78. The van der Waals surface area contributed by atoms with Gasteiger partial charge in [0.2, 0.25) is 0 Å². The predicted octanol–water partition coefficient (Wildman–Crippen LogP) is 2.77. The van der Waals surface area contributed by atoms with Crippen molar-refractivity contribution in [3.8, 4) is 11.5 Å². The maximum absolute atomic E-state index is 5.64. The second-order valence-electron chi connectivity index (χ2n) is 5.48. The number of oxime groups is 1. The molecule has 24 heavy (non-hydrogen) atoms. The molecule has 0 N–H and O–H groups in total. The second-order valence-corrected chi connectivity index (χ2v) is 6.42. The fourth-order valence-electron chi connectivity index (χ4n) is 2.32. The number of benzene rings is 1. The fourth-order valence-corrected chi connectivity index (χ4v) is 3.31. The van der Waals surface area contributed by atoms with E-state index in [0.717, 1.165) is 27.9 Å². The van der Waals surface area contributed by atoms with Crippen LogP contribution in [0.15, 0.2) is 34.8 Å². The molecule has 0 saturated carbocycles. The van der Waals surface area contributed by atoms with Crippen LogP contribution in [0.4, 0.5) is 0 Å². The second kappa shape index (κ2) is 7.57. The highest BCUT2D eigenvalue weighted by molar-refractivity contribution is 7.99. The molecule has 0 unspecified atom stereocenters. The van der Waals surface area contributed by atoms with Crippen LogP contribution in [-0.2, 0) is 4.84 Å². The molecular formula is C16H20N4O3S. The SMILES string of the molecule is CO/N=C(\CSc1nncn1C(C)C)c1ccc2c(c1)OCCO2. The molecule has 1 aromatic carbocycles. The van der Waals surface area contributed by atoms with E-state index in [0.29, 0.717) is 25.0 Å². The molecule has 128 valence electrons. The third-order valence-electron chi connectivity index (χ3n) is 3.51. The van der Waals surface area contributed by atoms with Gasteiger partial charge in [-0.05, 0) is 32.0 Å². The molecule has 0 bridgehead atoms. The molecule has 2 heterocycles. The van der Waals surface area contributed by atoms with E-state index in [4.69, 9.17) is 14.3 Å². The number of hydrogen-bond acceptors (Lipinski definition) is 7. The summed E-state index contributed by atoms with van der Waals surface area (Å²) in [5, 5.41) is 13.2. The average molecular weight is 348 g/mol. The number of thioether (sulfide) groups is 1. The van der Waals surface area contributed by atoms with Crippen molar-refractivity contribution < 1.29 is 14.3 Å². The van der Waals surface area contributed by atoms with Crippen molar-refractivity contribution in [3.05, 3.63) is 30.1 Å². The van der Waals surface area contributed by atoms with Crippen molar-refractivity contribution in [2.24, 2.45) is 5.16 Å². The van der Waals surface area contributed by atoms with Crippen LogP contribution in [0.25, 0.3) is 0 Å². The number of ether oxygens (including phenoxy) is 2. The molecule has 1 aliphatic rings. The smallest absolute Gasteiger partial charge is 0.191 e. The van der Waals surface area contributed by atoms with Gasteiger partial charge in [0.25, 0.3) is 0 Å². The lowest BCUT2D eigenvalue weighted by molar-refractivity contribution is 0.171. The summed E-state index contributed by atoms with van der Waals surface area (Å²) in [4.78, 5) is 5.01. The zero-order valence-corrected chi connectivity index (χ0v) is 14.7. The Morgan fingerprint density at radius 1 is 1.33 bits per heavy atom. The lowest BCUT2D eigenvalue weighted by atomic mass is 10.1. The zero-order chi connectivity index (χ0) is 16.9. The molecule has 2 aromatic rings. The van der Waals surface area contributed by atoms with E-state index in [-0.39, 0.29) is 0 Å². The van der Waals surface area contributed by atoms with Gasteiger partial charge in [-0.3, -0.25) is 0 Å². The summed E-state index contributed by atoms with van der Waals surface area (Å²) in [6, 6.07) is 6.09. The van der Waals surface area contributed by atoms with Gasteiger partial charge in [0.1, 0.15) is 26.7 Å². The van der Waals surface area contributed by atoms with Gasteiger partial charge < -0.3 is 18.9 Å². The van der Waals surface area contributed by atoms with Crippen LogP contribution in [0.2, 0.25) is 0 Å². The van der Waals surface area contributed by atoms with Gasteiger partial charge in [-0.2, -0.15) is 0 Å². The highest BCUT2D eigenvalue weighted by atomic mass is 32.2. The molecule has 1 aromatic heterocycles. The van der Waals surface area contributed by atoms with E-state index < -0.39 is 0 Å². The molecule has 0 radical (unpaired) electrons. The summed E-state index contributed by atoms with van der Waals surface area (Å²) < 4.78 is 13.2. The lowest BCUT2D eigenvalue weighted by Gasteiger charge is -2.19. The molecule has 3 rings (SSSR count). The standard InChI is InChI=1S/C16H20N4O3S/c1-11(2)20-10-17-18-16(20)24-9-13(19-21-3)12-4-5-14-15(8-12)23-7-6-22-14/h4-5,8,10-11H,6-7,9H2,1-3H3/b19-13+. The molecule has 8 heteroatoms. The van der Waals surface area contributed by atoms with Crippen LogP contribution in [0.5, 0.6) is 11.5 Å². The Morgan fingerprint density at radius 3 is 2.88 bits per heavy atom. The van der Waals surface area contributed by atoms with E-state index in [9.17, 15) is 0 Å². The summed E-state index contributed by atoms with van der Waals surface area (Å²) in [6.45, 7) is 5.32. The third kappa shape index (κ3) is 3.64. The van der Waals surface area contributed by atoms with E-state index in [1.807, 2.05) is 22.8 Å². The van der Waals surface area contributed by atoms with Gasteiger partial charge in [0.15, 0.2) is 16.7 Å². The van der Waals surface area contributed by atoms with Crippen molar-refractivity contribution in [2.75, 3.05) is 26.1 Å². The first-order valence-corrected chi connectivity index (χ1v) is 8.70. The number of hydrogen-bond donors (Lipinski definition) is 0. The van der Waals surface area contributed by atoms with Crippen LogP contribution >= 0.6 is 11.8 Å². The Kier molecular flexibility index (Phi) is 5.24. The molecule has 0 atom stereocenters. The molecule has 0 spiro atoms. The quantitative estimate of drug-likeness (QED) is 0.454. The first-order chi connectivity index (χ1) is 11.7. The third-order valence-corrected chi connectivity index (χ3v) is 4.48. The van der Waals surface area contributed by atoms with Crippen molar-refractivity contribution in [1.29, 1.82) is 0 Å². The minimum atomic E-state index is 0.305. The molecule has 0 fully saturated rings. The summed E-state index contributed by atoms with van der Waals surface area (Å²) >= 11 is 1.57. The van der Waals surface area contributed by atoms with Crippen molar-refractivity contribution in [3.63, 3.8) is 0 Å². The Bertz CT molecular complexity index is 730. The van der Waals surface area contributed by atoms with Crippen LogP contribution in [0.1, 0.15) is 25.5 Å². The minimum Gasteiger partial charge on any atom is -0.486 e. The van der Waals surface area contributed by atoms with Crippen LogP contribution < -0.4 is 9.47 Å². The first-order valence-electron chi connectivity index (χ1n) is 7.71. The maximum Gasteiger partial charge on any atom is 0.191 e. The predicted molar refractivity (Wildman–Crippen MR) is 92.1 cm³/mol. The fraction of sp³-hybridized carbons (Fsp3) is 0.438. The molecule has 7 nitrogen and oxygen atoms in total. The Hall–Kier alpha value is -2.22. The summed E-state index contributed by atoms with van der Waals surface area (Å²) in [5.74, 6) is 2.10. The first kappa shape index (κ1) is 16.6. The molecule has 0 saturated heterocycles. The largest absolute Gasteiger partial charge is 0.486 e. The van der Waals surface area contributed by atoms with Crippen LogP contribution in [0.3, 0.4) is 0 Å². The average Bonchev–Trinajstić information content (AvgIpc) is 3.07. The van der Waals surface area contributed by atoms with Gasteiger partial charge in [-0.1, -0.05) is 16.9 Å². The van der Waals surface area contributed by atoms with Gasteiger partial charge >= 0.3 is 0 Å². The van der Waals surface area contributed by atoms with Crippen molar-refractivity contribution in [1.82, 2.24) is 14.8 Å². The van der Waals surface area contributed by atoms with Crippen molar-refractivity contribution in [2.45, 2.75) is 25.0 Å². The van der Waals surface area contributed by atoms with Gasteiger partial charge in [0.05, 0.1) is 5.71 Å². The highest BCUT2D eigenvalue weighted by Crippen LogP contribution is 2.31. The van der Waals surface area contributed by atoms with Gasteiger partial charge in [-0.15, -0.1) is 10.2 Å². The zero-order valence-electron chi connectivity index (χ0n) is 13.9. The van der Waals surface area contributed by atoms with Crippen LogP contribution in [0, 0.1) is 0 Å². The Labute approximate surface area is 145 Å². The monoisotopic (exact) mass is 348 g/mol. The van der Waals surface area contributed by atoms with E-state index in [2.05, 4.69) is 29.2 Å². The number of nitrogens with zero attached hydrogens (tertiary/aromatic N) is 4. The maximum atomic E-state index is 5.64. The molecule has 0 amide bonds. The van der Waals surface area contributed by atoms with E-state index in [1.165, 1.54) is 0 Å². The van der Waals surface area contributed by atoms with Gasteiger partial charge in [-0.25, -0.2) is 0 Å². The Morgan fingerprint density at radius 2 is 2.12 bits per heavy atom. The highest BCUT2D eigenvalue weighted by Gasteiger charge is 2.16. The van der Waals surface area contributed by atoms with E-state index >= 15 is 0 Å². The lowest BCUT2D eigenvalue weighted by Crippen LogP contribution is -2.16. The summed E-state index contributed by atoms with van der Waals surface area (Å²) in [7, 11) is 1.54. The number of fused-ring (bicyclic) bond motifs is 1. The van der Waals surface area contributed by atoms with E-state index in [1.54, 1.807) is 25.2 Å². The van der Waals surface area contributed by atoms with Crippen LogP contribution in [-0.4, -0.2) is 46.6 Å². The normalized spacial score (nSPS) is 14.1. The molecular weight excluding hydrogens is 328 g/mol. The molecule has 1 aliphatic heterocycles. The summed E-state index contributed by atoms with van der Waals surface area (Å²) in [5.41, 5.74) is 1.74. The summed E-state index contributed by atoms with van der Waals surface area (Å²) in [6.07, 6.45) is 1.74. The van der Waals surface area contributed by atoms with Gasteiger partial charge in [0, 0.05) is 17.4 Å². The van der Waals surface area contributed by atoms with Crippen molar-refractivity contribution >= 4 is 17.5 Å².